The summed E-state index contributed by atoms with van der Waals surface area (Å²) in [4.78, 5) is 12.8. The van der Waals surface area contributed by atoms with Crippen molar-refractivity contribution in [3.8, 4) is 16.9 Å². The molecule has 0 aliphatic carbocycles. The van der Waals surface area contributed by atoms with Gasteiger partial charge in [0.25, 0.3) is 5.56 Å². The first kappa shape index (κ1) is 15.2. The Balaban J connectivity index is 1.74. The van der Waals surface area contributed by atoms with E-state index in [1.165, 1.54) is 0 Å². The first-order valence-corrected chi connectivity index (χ1v) is 8.17. The van der Waals surface area contributed by atoms with Gasteiger partial charge in [-0.3, -0.25) is 4.79 Å². The predicted molar refractivity (Wildman–Crippen MR) is 101 cm³/mol. The maximum absolute atomic E-state index is 12.8. The third-order valence-corrected chi connectivity index (χ3v) is 4.37. The van der Waals surface area contributed by atoms with Crippen molar-refractivity contribution in [2.45, 2.75) is 6.54 Å². The first-order valence-electron chi connectivity index (χ1n) is 8.17. The number of hydrogen-bond donors (Lipinski definition) is 1. The molecule has 25 heavy (non-hydrogen) atoms. The zero-order chi connectivity index (χ0) is 17.2. The Morgan fingerprint density at radius 2 is 1.52 bits per heavy atom. The van der Waals surface area contributed by atoms with Crippen LogP contribution < -0.4 is 5.56 Å². The summed E-state index contributed by atoms with van der Waals surface area (Å²) in [7, 11) is 0. The van der Waals surface area contributed by atoms with Gasteiger partial charge in [-0.25, -0.2) is 0 Å². The van der Waals surface area contributed by atoms with Gasteiger partial charge in [0.05, 0.1) is 6.54 Å². The van der Waals surface area contributed by atoms with Gasteiger partial charge >= 0.3 is 0 Å². The maximum atomic E-state index is 12.8. The van der Waals surface area contributed by atoms with Crippen molar-refractivity contribution in [3.05, 3.63) is 101 Å². The predicted octanol–water partition coefficient (Wildman–Crippen LogP) is 4.42. The molecule has 0 saturated heterocycles. The second-order valence-electron chi connectivity index (χ2n) is 6.08. The van der Waals surface area contributed by atoms with E-state index < -0.39 is 0 Å². The molecular formula is C22H17NO2. The maximum Gasteiger partial charge on any atom is 0.258 e. The normalized spacial score (nSPS) is 10.9. The summed E-state index contributed by atoms with van der Waals surface area (Å²) in [6.45, 7) is 0.565. The van der Waals surface area contributed by atoms with E-state index in [0.29, 0.717) is 11.9 Å². The van der Waals surface area contributed by atoms with Crippen molar-refractivity contribution in [2.75, 3.05) is 0 Å². The van der Waals surface area contributed by atoms with E-state index in [2.05, 4.69) is 0 Å². The molecule has 0 radical (unpaired) electrons. The molecule has 3 nitrogen and oxygen atoms in total. The van der Waals surface area contributed by atoms with E-state index in [0.717, 1.165) is 22.1 Å². The van der Waals surface area contributed by atoms with Crippen molar-refractivity contribution in [3.63, 3.8) is 0 Å². The highest BCUT2D eigenvalue weighted by atomic mass is 16.3. The first-order chi connectivity index (χ1) is 12.2. The van der Waals surface area contributed by atoms with Crippen LogP contribution in [0.2, 0.25) is 0 Å². The molecule has 0 fully saturated rings. The largest absolute Gasteiger partial charge is 0.508 e. The molecule has 1 heterocycles. The molecule has 0 unspecified atom stereocenters. The number of aromatic hydroxyl groups is 1. The van der Waals surface area contributed by atoms with Gasteiger partial charge in [-0.2, -0.15) is 0 Å². The molecule has 3 heteroatoms. The van der Waals surface area contributed by atoms with Crippen molar-refractivity contribution in [1.82, 2.24) is 4.57 Å². The van der Waals surface area contributed by atoms with E-state index in [1.807, 2.05) is 72.9 Å². The lowest BCUT2D eigenvalue weighted by Gasteiger charge is -2.09. The molecule has 0 aliphatic rings. The van der Waals surface area contributed by atoms with Crippen LogP contribution in [0, 0.1) is 0 Å². The average Bonchev–Trinajstić information content (AvgIpc) is 2.65. The van der Waals surface area contributed by atoms with Gasteiger partial charge in [0.15, 0.2) is 0 Å². The summed E-state index contributed by atoms with van der Waals surface area (Å²) in [5.74, 6) is 0.244. The molecular weight excluding hydrogens is 310 g/mol. The number of rotatable bonds is 3. The van der Waals surface area contributed by atoms with Crippen LogP contribution >= 0.6 is 0 Å². The quantitative estimate of drug-likeness (QED) is 0.605. The van der Waals surface area contributed by atoms with Crippen LogP contribution in [-0.4, -0.2) is 9.67 Å². The summed E-state index contributed by atoms with van der Waals surface area (Å²) >= 11 is 0. The number of aromatic nitrogens is 1. The molecule has 0 aliphatic heterocycles. The Hall–Kier alpha value is -3.33. The van der Waals surface area contributed by atoms with Gasteiger partial charge < -0.3 is 9.67 Å². The van der Waals surface area contributed by atoms with Crippen LogP contribution in [0.3, 0.4) is 0 Å². The monoisotopic (exact) mass is 327 g/mol. The van der Waals surface area contributed by atoms with Crippen molar-refractivity contribution >= 4 is 10.8 Å². The fourth-order valence-corrected chi connectivity index (χ4v) is 3.03. The number of phenolic OH excluding ortho intramolecular Hbond substituents is 1. The average molecular weight is 327 g/mol. The van der Waals surface area contributed by atoms with Crippen molar-refractivity contribution < 1.29 is 5.11 Å². The molecule has 0 spiro atoms. The molecule has 122 valence electrons. The van der Waals surface area contributed by atoms with Gasteiger partial charge in [-0.1, -0.05) is 48.5 Å². The van der Waals surface area contributed by atoms with Crippen LogP contribution in [0.25, 0.3) is 21.9 Å². The summed E-state index contributed by atoms with van der Waals surface area (Å²) in [5.41, 5.74) is 3.14. The number of phenols is 1. The van der Waals surface area contributed by atoms with E-state index in [1.54, 1.807) is 16.7 Å². The minimum atomic E-state index is 0.0126. The van der Waals surface area contributed by atoms with Crippen LogP contribution in [0.15, 0.2) is 89.9 Å². The molecule has 1 N–H and O–H groups in total. The lowest BCUT2D eigenvalue weighted by molar-refractivity contribution is 0.475. The molecule has 0 atom stereocenters. The van der Waals surface area contributed by atoms with Gasteiger partial charge in [0, 0.05) is 11.6 Å². The minimum Gasteiger partial charge on any atom is -0.508 e. The van der Waals surface area contributed by atoms with E-state index in [-0.39, 0.29) is 11.3 Å². The SMILES string of the molecule is O=c1c2ccc(-c3ccc(O)cc3)cc2ccn1Cc1ccccc1. The number of pyridine rings is 1. The lowest BCUT2D eigenvalue weighted by atomic mass is 10.0. The third-order valence-electron chi connectivity index (χ3n) is 4.37. The van der Waals surface area contributed by atoms with Crippen LogP contribution in [0.1, 0.15) is 5.56 Å². The van der Waals surface area contributed by atoms with Crippen molar-refractivity contribution in [2.24, 2.45) is 0 Å². The summed E-state index contributed by atoms with van der Waals surface area (Å²) < 4.78 is 1.73. The van der Waals surface area contributed by atoms with Crippen LogP contribution in [0.4, 0.5) is 0 Å². The Labute approximate surface area is 145 Å². The number of benzene rings is 3. The Kier molecular flexibility index (Phi) is 3.82. The van der Waals surface area contributed by atoms with E-state index >= 15 is 0 Å². The zero-order valence-corrected chi connectivity index (χ0v) is 13.6. The van der Waals surface area contributed by atoms with Gasteiger partial charge in [0.2, 0.25) is 0 Å². The number of hydrogen-bond acceptors (Lipinski definition) is 2. The Morgan fingerprint density at radius 3 is 2.28 bits per heavy atom. The summed E-state index contributed by atoms with van der Waals surface area (Å²) in [6, 6.07) is 24.8. The second kappa shape index (κ2) is 6.29. The van der Waals surface area contributed by atoms with E-state index in [4.69, 9.17) is 0 Å². The fourth-order valence-electron chi connectivity index (χ4n) is 3.03. The van der Waals surface area contributed by atoms with Crippen LogP contribution in [-0.2, 0) is 6.54 Å². The summed E-state index contributed by atoms with van der Waals surface area (Å²) in [5, 5.41) is 11.0. The Bertz CT molecular complexity index is 1080. The Morgan fingerprint density at radius 1 is 0.800 bits per heavy atom. The minimum absolute atomic E-state index is 0.0126. The molecule has 0 bridgehead atoms. The van der Waals surface area contributed by atoms with Gasteiger partial charge in [-0.15, -0.1) is 0 Å². The standard InChI is InChI=1S/C22H17NO2/c24-20-9-6-17(7-10-20)18-8-11-21-19(14-18)12-13-23(22(21)25)15-16-4-2-1-3-5-16/h1-14,24H,15H2. The molecule has 4 rings (SSSR count). The molecule has 4 aromatic rings. The highest BCUT2D eigenvalue weighted by Gasteiger charge is 2.06. The van der Waals surface area contributed by atoms with Crippen LogP contribution in [0.5, 0.6) is 5.75 Å². The lowest BCUT2D eigenvalue weighted by Crippen LogP contribution is -2.19. The topological polar surface area (TPSA) is 42.2 Å². The molecule has 0 amide bonds. The third kappa shape index (κ3) is 3.04. The smallest absolute Gasteiger partial charge is 0.258 e. The van der Waals surface area contributed by atoms with Crippen molar-refractivity contribution in [1.29, 1.82) is 0 Å². The number of nitrogens with zero attached hydrogens (tertiary/aromatic N) is 1. The van der Waals surface area contributed by atoms with Gasteiger partial charge in [0.1, 0.15) is 5.75 Å². The zero-order valence-electron chi connectivity index (χ0n) is 13.6. The fraction of sp³-hybridized carbons (Fsp3) is 0.0455. The van der Waals surface area contributed by atoms with E-state index in [9.17, 15) is 9.90 Å². The summed E-state index contributed by atoms with van der Waals surface area (Å²) in [6.07, 6.45) is 1.85. The van der Waals surface area contributed by atoms with Gasteiger partial charge in [-0.05, 0) is 52.4 Å². The highest BCUT2D eigenvalue weighted by molar-refractivity contribution is 5.86. The molecule has 3 aromatic carbocycles. The molecule has 0 saturated carbocycles. The number of fused-ring (bicyclic) bond motifs is 1. The molecule has 1 aromatic heterocycles. The second-order valence-corrected chi connectivity index (χ2v) is 6.08. The highest BCUT2D eigenvalue weighted by Crippen LogP contribution is 2.24.